The van der Waals surface area contributed by atoms with Gasteiger partial charge in [0, 0.05) is 19.1 Å². The van der Waals surface area contributed by atoms with Gasteiger partial charge >= 0.3 is 0 Å². The molecule has 2 fully saturated rings. The van der Waals surface area contributed by atoms with Crippen LogP contribution >= 0.6 is 0 Å². The maximum absolute atomic E-state index is 12.3. The monoisotopic (exact) mass is 288 g/mol. The fraction of sp³-hybridized carbons (Fsp3) is 1.00. The fourth-order valence-corrected chi connectivity index (χ4v) is 4.28. The number of hydrogen-bond acceptors (Lipinski definition) is 3. The van der Waals surface area contributed by atoms with Gasteiger partial charge < -0.3 is 5.32 Å². The Morgan fingerprint density at radius 1 is 1.11 bits per heavy atom. The van der Waals surface area contributed by atoms with Crippen LogP contribution < -0.4 is 5.32 Å². The van der Waals surface area contributed by atoms with Gasteiger partial charge in [0.05, 0.1) is 5.75 Å². The molecule has 4 nitrogen and oxygen atoms in total. The Hall–Kier alpha value is -0.130. The minimum Gasteiger partial charge on any atom is -0.314 e. The molecule has 2 aliphatic rings. The van der Waals surface area contributed by atoms with Crippen molar-refractivity contribution in [3.63, 3.8) is 0 Å². The summed E-state index contributed by atoms with van der Waals surface area (Å²) in [7, 11) is -3.02. The molecule has 2 atom stereocenters. The molecular weight excluding hydrogens is 260 g/mol. The smallest absolute Gasteiger partial charge is 0.214 e. The van der Waals surface area contributed by atoms with Gasteiger partial charge in [-0.15, -0.1) is 0 Å². The minimum absolute atomic E-state index is 0.320. The van der Waals surface area contributed by atoms with Crippen LogP contribution in [0.5, 0.6) is 0 Å². The van der Waals surface area contributed by atoms with Gasteiger partial charge in [-0.1, -0.05) is 13.8 Å². The first-order valence-corrected chi connectivity index (χ1v) is 9.31. The number of unbranched alkanes of at least 4 members (excludes halogenated alkanes) is 1. The lowest BCUT2D eigenvalue weighted by atomic mass is 9.90. The average molecular weight is 288 g/mol. The average Bonchev–Trinajstić information content (AvgIpc) is 3.16. The van der Waals surface area contributed by atoms with Gasteiger partial charge in [0.15, 0.2) is 0 Å². The van der Waals surface area contributed by atoms with Crippen molar-refractivity contribution in [2.24, 2.45) is 11.8 Å². The maximum atomic E-state index is 12.3. The van der Waals surface area contributed by atoms with Gasteiger partial charge in [-0.05, 0) is 50.5 Å². The molecule has 2 rings (SSSR count). The summed E-state index contributed by atoms with van der Waals surface area (Å²) in [4.78, 5) is 0. The van der Waals surface area contributed by atoms with Crippen molar-refractivity contribution in [2.75, 3.05) is 25.4 Å². The Kier molecular flexibility index (Phi) is 5.26. The summed E-state index contributed by atoms with van der Waals surface area (Å²) in [6.07, 6.45) is 5.34. The van der Waals surface area contributed by atoms with E-state index in [0.717, 1.165) is 31.8 Å². The molecule has 0 bridgehead atoms. The highest BCUT2D eigenvalue weighted by Crippen LogP contribution is 2.24. The summed E-state index contributed by atoms with van der Waals surface area (Å²) in [6, 6.07) is 0.723. The molecule has 2 unspecified atom stereocenters. The first kappa shape index (κ1) is 15.3. The van der Waals surface area contributed by atoms with Crippen LogP contribution in [0, 0.1) is 11.8 Å². The first-order valence-electron chi connectivity index (χ1n) is 7.70. The second-order valence-electron chi connectivity index (χ2n) is 6.35. The maximum Gasteiger partial charge on any atom is 0.214 e. The van der Waals surface area contributed by atoms with E-state index in [9.17, 15) is 8.42 Å². The predicted octanol–water partition coefficient (Wildman–Crippen LogP) is 1.83. The van der Waals surface area contributed by atoms with Crippen LogP contribution in [0.3, 0.4) is 0 Å². The lowest BCUT2D eigenvalue weighted by Crippen LogP contribution is -2.43. The molecule has 1 N–H and O–H groups in total. The molecule has 1 saturated carbocycles. The number of sulfonamides is 1. The van der Waals surface area contributed by atoms with Gasteiger partial charge in [-0.2, -0.15) is 0 Å². The Morgan fingerprint density at radius 2 is 1.84 bits per heavy atom. The van der Waals surface area contributed by atoms with Crippen LogP contribution in [0.1, 0.15) is 46.0 Å². The zero-order chi connectivity index (χ0) is 13.9. The van der Waals surface area contributed by atoms with Crippen molar-refractivity contribution in [3.8, 4) is 0 Å². The van der Waals surface area contributed by atoms with Gasteiger partial charge in [0.1, 0.15) is 0 Å². The quantitative estimate of drug-likeness (QED) is 0.727. The van der Waals surface area contributed by atoms with Gasteiger partial charge in [0.2, 0.25) is 10.0 Å². The van der Waals surface area contributed by atoms with E-state index in [-0.39, 0.29) is 0 Å². The second kappa shape index (κ2) is 6.55. The molecule has 1 aliphatic heterocycles. The molecule has 1 saturated heterocycles. The minimum atomic E-state index is -3.02. The molecule has 1 aliphatic carbocycles. The van der Waals surface area contributed by atoms with Crippen LogP contribution in [0.15, 0.2) is 0 Å². The highest BCUT2D eigenvalue weighted by Gasteiger charge is 2.30. The Labute approximate surface area is 118 Å². The van der Waals surface area contributed by atoms with Gasteiger partial charge in [-0.3, -0.25) is 0 Å². The van der Waals surface area contributed by atoms with E-state index in [1.165, 1.54) is 12.8 Å². The number of hydrogen-bond donors (Lipinski definition) is 1. The van der Waals surface area contributed by atoms with Crippen molar-refractivity contribution >= 4 is 10.0 Å². The zero-order valence-electron chi connectivity index (χ0n) is 12.3. The summed E-state index contributed by atoms with van der Waals surface area (Å²) in [5.41, 5.74) is 0. The summed E-state index contributed by atoms with van der Waals surface area (Å²) in [5, 5.41) is 3.43. The van der Waals surface area contributed by atoms with Crippen molar-refractivity contribution in [2.45, 2.75) is 52.0 Å². The number of nitrogens with zero attached hydrogens (tertiary/aromatic N) is 1. The third-order valence-corrected chi connectivity index (χ3v) is 6.45. The predicted molar refractivity (Wildman–Crippen MR) is 78.6 cm³/mol. The van der Waals surface area contributed by atoms with Crippen molar-refractivity contribution in [3.05, 3.63) is 0 Å². The largest absolute Gasteiger partial charge is 0.314 e. The van der Waals surface area contributed by atoms with Gasteiger partial charge in [0.25, 0.3) is 0 Å². The topological polar surface area (TPSA) is 49.4 Å². The molecule has 0 aromatic rings. The van der Waals surface area contributed by atoms with E-state index >= 15 is 0 Å². The highest BCUT2D eigenvalue weighted by atomic mass is 32.2. The molecule has 0 amide bonds. The molecule has 112 valence electrons. The van der Waals surface area contributed by atoms with E-state index in [0.29, 0.717) is 30.7 Å². The van der Waals surface area contributed by atoms with Crippen LogP contribution in [0.2, 0.25) is 0 Å². The van der Waals surface area contributed by atoms with Crippen molar-refractivity contribution < 1.29 is 8.42 Å². The summed E-state index contributed by atoms with van der Waals surface area (Å²) >= 11 is 0. The third-order valence-electron chi connectivity index (χ3n) is 4.53. The van der Waals surface area contributed by atoms with Crippen LogP contribution in [-0.4, -0.2) is 44.2 Å². The van der Waals surface area contributed by atoms with Crippen LogP contribution in [0.25, 0.3) is 0 Å². The Balaban J connectivity index is 1.68. The molecule has 0 aromatic carbocycles. The normalized spacial score (nSPS) is 29.6. The third kappa shape index (κ3) is 4.72. The van der Waals surface area contributed by atoms with E-state index in [1.807, 2.05) is 0 Å². The number of nitrogens with one attached hydrogen (secondary N) is 1. The molecule has 1 heterocycles. The van der Waals surface area contributed by atoms with E-state index < -0.39 is 10.0 Å². The summed E-state index contributed by atoms with van der Waals surface area (Å²) in [5.74, 6) is 1.45. The fourth-order valence-electron chi connectivity index (χ4n) is 2.61. The molecule has 0 radical (unpaired) electrons. The molecule has 5 heteroatoms. The van der Waals surface area contributed by atoms with Crippen LogP contribution in [-0.2, 0) is 10.0 Å². The van der Waals surface area contributed by atoms with Crippen molar-refractivity contribution in [1.82, 2.24) is 9.62 Å². The Bertz CT molecular complexity index is 379. The molecule has 19 heavy (non-hydrogen) atoms. The SMILES string of the molecule is CC1CCN(S(=O)(=O)CCCCNC2CC2)CC1C. The van der Waals surface area contributed by atoms with Crippen molar-refractivity contribution in [1.29, 1.82) is 0 Å². The van der Waals surface area contributed by atoms with Crippen LogP contribution in [0.4, 0.5) is 0 Å². The van der Waals surface area contributed by atoms with Gasteiger partial charge in [-0.25, -0.2) is 12.7 Å². The molecular formula is C14H28N2O2S. The van der Waals surface area contributed by atoms with E-state index in [2.05, 4.69) is 19.2 Å². The lowest BCUT2D eigenvalue weighted by Gasteiger charge is -2.34. The summed E-state index contributed by atoms with van der Waals surface area (Å²) in [6.45, 7) is 6.77. The standard InChI is InChI=1S/C14H28N2O2S/c1-12-7-9-16(11-13(12)2)19(17,18)10-4-3-8-15-14-5-6-14/h12-15H,3-11H2,1-2H3. The summed E-state index contributed by atoms with van der Waals surface area (Å²) < 4.78 is 26.2. The first-order chi connectivity index (χ1) is 8.99. The van der Waals surface area contributed by atoms with E-state index in [4.69, 9.17) is 0 Å². The molecule has 0 spiro atoms. The number of piperidine rings is 1. The lowest BCUT2D eigenvalue weighted by molar-refractivity contribution is 0.212. The number of rotatable bonds is 7. The Morgan fingerprint density at radius 3 is 2.47 bits per heavy atom. The molecule has 0 aromatic heterocycles. The van der Waals surface area contributed by atoms with E-state index in [1.54, 1.807) is 4.31 Å². The zero-order valence-corrected chi connectivity index (χ0v) is 13.1. The second-order valence-corrected chi connectivity index (χ2v) is 8.44. The highest BCUT2D eigenvalue weighted by molar-refractivity contribution is 7.89.